The SMILES string of the molecule is c1ccc2c(c1)CC2CNC1CCCc2occc21. The summed E-state index contributed by atoms with van der Waals surface area (Å²) in [6.07, 6.45) is 6.64. The van der Waals surface area contributed by atoms with E-state index in [4.69, 9.17) is 4.42 Å². The van der Waals surface area contributed by atoms with Gasteiger partial charge < -0.3 is 9.73 Å². The fourth-order valence-corrected chi connectivity index (χ4v) is 3.53. The molecule has 1 aromatic heterocycles. The molecule has 4 rings (SSSR count). The maximum atomic E-state index is 5.55. The number of furan rings is 1. The molecule has 0 radical (unpaired) electrons. The molecule has 0 saturated heterocycles. The maximum Gasteiger partial charge on any atom is 0.108 e. The molecule has 0 saturated carbocycles. The smallest absolute Gasteiger partial charge is 0.108 e. The summed E-state index contributed by atoms with van der Waals surface area (Å²) in [5.74, 6) is 1.89. The van der Waals surface area contributed by atoms with Gasteiger partial charge in [-0.05, 0) is 36.5 Å². The first kappa shape index (κ1) is 11.3. The van der Waals surface area contributed by atoms with Gasteiger partial charge in [0, 0.05) is 30.5 Å². The molecule has 1 heterocycles. The van der Waals surface area contributed by atoms with Crippen molar-refractivity contribution in [3.63, 3.8) is 0 Å². The molecule has 2 aromatic rings. The molecule has 0 spiro atoms. The third-order valence-corrected chi connectivity index (χ3v) is 4.62. The summed E-state index contributed by atoms with van der Waals surface area (Å²) < 4.78 is 5.55. The molecule has 2 unspecified atom stereocenters. The Bertz CT molecular complexity index is 586. The molecule has 2 heteroatoms. The predicted octanol–water partition coefficient (Wildman–Crippen LogP) is 3.59. The number of benzene rings is 1. The topological polar surface area (TPSA) is 25.2 Å². The van der Waals surface area contributed by atoms with E-state index in [9.17, 15) is 0 Å². The molecule has 19 heavy (non-hydrogen) atoms. The lowest BCUT2D eigenvalue weighted by molar-refractivity contribution is 0.395. The summed E-state index contributed by atoms with van der Waals surface area (Å²) in [6.45, 7) is 1.09. The van der Waals surface area contributed by atoms with E-state index < -0.39 is 0 Å². The minimum Gasteiger partial charge on any atom is -0.469 e. The summed E-state index contributed by atoms with van der Waals surface area (Å²) in [4.78, 5) is 0. The van der Waals surface area contributed by atoms with Crippen molar-refractivity contribution < 1.29 is 4.42 Å². The van der Waals surface area contributed by atoms with Crippen molar-refractivity contribution in [2.75, 3.05) is 6.54 Å². The van der Waals surface area contributed by atoms with Gasteiger partial charge in [0.2, 0.25) is 0 Å². The van der Waals surface area contributed by atoms with Gasteiger partial charge in [0.1, 0.15) is 5.76 Å². The van der Waals surface area contributed by atoms with E-state index in [1.807, 2.05) is 6.26 Å². The van der Waals surface area contributed by atoms with Crippen molar-refractivity contribution in [1.29, 1.82) is 0 Å². The second-order valence-corrected chi connectivity index (χ2v) is 5.75. The Labute approximate surface area is 113 Å². The monoisotopic (exact) mass is 253 g/mol. The van der Waals surface area contributed by atoms with E-state index in [0.717, 1.165) is 13.0 Å². The third kappa shape index (κ3) is 1.91. The second-order valence-electron chi connectivity index (χ2n) is 5.75. The molecular formula is C17H19NO. The van der Waals surface area contributed by atoms with Gasteiger partial charge in [-0.3, -0.25) is 0 Å². The van der Waals surface area contributed by atoms with Gasteiger partial charge in [-0.25, -0.2) is 0 Å². The van der Waals surface area contributed by atoms with Crippen LogP contribution in [-0.2, 0) is 12.8 Å². The molecule has 98 valence electrons. The fraction of sp³-hybridized carbons (Fsp3) is 0.412. The number of nitrogens with one attached hydrogen (secondary N) is 1. The van der Waals surface area contributed by atoms with Crippen LogP contribution in [0.15, 0.2) is 41.0 Å². The first-order valence-corrected chi connectivity index (χ1v) is 7.29. The van der Waals surface area contributed by atoms with Crippen LogP contribution < -0.4 is 5.32 Å². The molecular weight excluding hydrogens is 234 g/mol. The summed E-state index contributed by atoms with van der Waals surface area (Å²) in [5.41, 5.74) is 4.46. The van der Waals surface area contributed by atoms with Crippen molar-refractivity contribution in [3.8, 4) is 0 Å². The van der Waals surface area contributed by atoms with Crippen molar-refractivity contribution in [2.24, 2.45) is 0 Å². The fourth-order valence-electron chi connectivity index (χ4n) is 3.53. The Balaban J connectivity index is 1.43. The van der Waals surface area contributed by atoms with Crippen molar-refractivity contribution in [1.82, 2.24) is 5.32 Å². The normalized spacial score (nSPS) is 24.4. The molecule has 2 nitrogen and oxygen atoms in total. The zero-order chi connectivity index (χ0) is 12.7. The van der Waals surface area contributed by atoms with Crippen LogP contribution >= 0.6 is 0 Å². The summed E-state index contributed by atoms with van der Waals surface area (Å²) in [6, 6.07) is 11.5. The largest absolute Gasteiger partial charge is 0.469 e. The van der Waals surface area contributed by atoms with E-state index in [2.05, 4.69) is 35.6 Å². The van der Waals surface area contributed by atoms with Crippen LogP contribution in [0, 0.1) is 0 Å². The van der Waals surface area contributed by atoms with Crippen molar-refractivity contribution in [3.05, 3.63) is 59.0 Å². The standard InChI is InChI=1S/C17H19NO/c1-2-5-14-12(4-1)10-13(14)11-18-16-6-3-7-17-15(16)8-9-19-17/h1-2,4-5,8-9,13,16,18H,3,6-7,10-11H2. The van der Waals surface area contributed by atoms with E-state index in [1.165, 1.54) is 36.1 Å². The number of rotatable bonds is 3. The molecule has 1 N–H and O–H groups in total. The Hall–Kier alpha value is -1.54. The molecule has 0 bridgehead atoms. The van der Waals surface area contributed by atoms with Crippen LogP contribution in [0.25, 0.3) is 0 Å². The van der Waals surface area contributed by atoms with Crippen LogP contribution in [0.3, 0.4) is 0 Å². The highest BCUT2D eigenvalue weighted by atomic mass is 16.3. The maximum absolute atomic E-state index is 5.55. The molecule has 0 amide bonds. The van der Waals surface area contributed by atoms with Crippen LogP contribution in [0.1, 0.15) is 47.3 Å². The lowest BCUT2D eigenvalue weighted by Crippen LogP contribution is -2.32. The van der Waals surface area contributed by atoms with E-state index in [1.54, 1.807) is 5.56 Å². The van der Waals surface area contributed by atoms with Crippen LogP contribution in [0.5, 0.6) is 0 Å². The quantitative estimate of drug-likeness (QED) is 0.904. The third-order valence-electron chi connectivity index (χ3n) is 4.62. The second kappa shape index (κ2) is 4.53. The van der Waals surface area contributed by atoms with Crippen molar-refractivity contribution in [2.45, 2.75) is 37.6 Å². The van der Waals surface area contributed by atoms with E-state index in [0.29, 0.717) is 12.0 Å². The Morgan fingerprint density at radius 2 is 2.11 bits per heavy atom. The van der Waals surface area contributed by atoms with Gasteiger partial charge in [0.15, 0.2) is 0 Å². The van der Waals surface area contributed by atoms with Gasteiger partial charge in [-0.15, -0.1) is 0 Å². The Morgan fingerprint density at radius 3 is 3.05 bits per heavy atom. The first-order chi connectivity index (χ1) is 9.42. The molecule has 2 aliphatic carbocycles. The van der Waals surface area contributed by atoms with Gasteiger partial charge in [0.05, 0.1) is 6.26 Å². The van der Waals surface area contributed by atoms with Crippen LogP contribution in [-0.4, -0.2) is 6.54 Å². The lowest BCUT2D eigenvalue weighted by Gasteiger charge is -2.32. The summed E-state index contributed by atoms with van der Waals surface area (Å²) in [7, 11) is 0. The lowest BCUT2D eigenvalue weighted by atomic mass is 9.77. The highest BCUT2D eigenvalue weighted by Crippen LogP contribution is 2.36. The zero-order valence-electron chi connectivity index (χ0n) is 11.1. The van der Waals surface area contributed by atoms with E-state index >= 15 is 0 Å². The predicted molar refractivity (Wildman–Crippen MR) is 75.3 cm³/mol. The minimum atomic E-state index is 0.496. The first-order valence-electron chi connectivity index (χ1n) is 7.29. The average molecular weight is 253 g/mol. The molecule has 2 aliphatic rings. The van der Waals surface area contributed by atoms with Gasteiger partial charge >= 0.3 is 0 Å². The van der Waals surface area contributed by atoms with Gasteiger partial charge in [-0.1, -0.05) is 24.3 Å². The van der Waals surface area contributed by atoms with Crippen LogP contribution in [0.4, 0.5) is 0 Å². The van der Waals surface area contributed by atoms with Gasteiger partial charge in [-0.2, -0.15) is 0 Å². The molecule has 0 aliphatic heterocycles. The molecule has 2 atom stereocenters. The molecule has 1 aromatic carbocycles. The van der Waals surface area contributed by atoms with Gasteiger partial charge in [0.25, 0.3) is 0 Å². The van der Waals surface area contributed by atoms with Crippen molar-refractivity contribution >= 4 is 0 Å². The summed E-state index contributed by atoms with van der Waals surface area (Å²) in [5, 5.41) is 3.75. The number of fused-ring (bicyclic) bond motifs is 2. The van der Waals surface area contributed by atoms with Crippen LogP contribution in [0.2, 0.25) is 0 Å². The highest BCUT2D eigenvalue weighted by Gasteiger charge is 2.28. The zero-order valence-corrected chi connectivity index (χ0v) is 11.1. The minimum absolute atomic E-state index is 0.496. The Morgan fingerprint density at radius 1 is 1.16 bits per heavy atom. The molecule has 0 fully saturated rings. The summed E-state index contributed by atoms with van der Waals surface area (Å²) >= 11 is 0. The Kier molecular flexibility index (Phi) is 2.70. The van der Waals surface area contributed by atoms with E-state index in [-0.39, 0.29) is 0 Å². The number of aryl methyl sites for hydroxylation is 1. The average Bonchev–Trinajstić information content (AvgIpc) is 2.89. The number of hydrogen-bond donors (Lipinski definition) is 1. The number of hydrogen-bond acceptors (Lipinski definition) is 2. The highest BCUT2D eigenvalue weighted by molar-refractivity contribution is 5.40.